The molecule has 0 aliphatic heterocycles. The summed E-state index contributed by atoms with van der Waals surface area (Å²) >= 11 is 0. The highest BCUT2D eigenvalue weighted by molar-refractivity contribution is 5.71. The number of rotatable bonds is 41. The fraction of sp³-hybridized carbons (Fsp3) is 0.933. The van der Waals surface area contributed by atoms with E-state index in [4.69, 9.17) is 14.2 Å². The molecule has 0 N–H and O–H groups in total. The first-order valence-electron chi connectivity index (χ1n) is 22.5. The van der Waals surface area contributed by atoms with Crippen molar-refractivity contribution in [3.8, 4) is 0 Å². The van der Waals surface area contributed by atoms with Gasteiger partial charge in [0.25, 0.3) is 0 Å². The van der Waals surface area contributed by atoms with Gasteiger partial charge in [-0.3, -0.25) is 14.4 Å². The predicted octanol–water partition coefficient (Wildman–Crippen LogP) is 14.1. The van der Waals surface area contributed by atoms with Gasteiger partial charge in [-0.15, -0.1) is 0 Å². The van der Waals surface area contributed by atoms with E-state index < -0.39 is 6.10 Å². The van der Waals surface area contributed by atoms with Gasteiger partial charge >= 0.3 is 17.9 Å². The predicted molar refractivity (Wildman–Crippen MR) is 215 cm³/mol. The van der Waals surface area contributed by atoms with E-state index in [1.807, 2.05) is 0 Å². The highest BCUT2D eigenvalue weighted by Gasteiger charge is 2.19. The summed E-state index contributed by atoms with van der Waals surface area (Å²) in [7, 11) is 0. The standard InChI is InChI=1S/C45H86O6/c1-4-7-10-13-15-17-19-20-21-22-23-24-25-26-28-30-33-35-38-44(47)50-41-42(51-45(48)39-36-31-12-9-6-3)40-49-43(46)37-34-32-29-27-18-16-14-11-8-5-2/h42H,4-41H2,1-3H3/t42-/m1/s1. The largest absolute Gasteiger partial charge is 0.462 e. The van der Waals surface area contributed by atoms with Gasteiger partial charge in [0.05, 0.1) is 0 Å². The third-order valence-electron chi connectivity index (χ3n) is 10.1. The van der Waals surface area contributed by atoms with E-state index >= 15 is 0 Å². The molecule has 0 saturated heterocycles. The van der Waals surface area contributed by atoms with Crippen molar-refractivity contribution in [3.63, 3.8) is 0 Å². The number of hydrogen-bond donors (Lipinski definition) is 0. The first kappa shape index (κ1) is 49.4. The maximum absolute atomic E-state index is 12.5. The fourth-order valence-corrected chi connectivity index (χ4v) is 6.68. The Morgan fingerprint density at radius 2 is 0.529 bits per heavy atom. The molecule has 0 bridgehead atoms. The van der Waals surface area contributed by atoms with Crippen LogP contribution in [-0.4, -0.2) is 37.2 Å². The highest BCUT2D eigenvalue weighted by atomic mass is 16.6. The van der Waals surface area contributed by atoms with Gasteiger partial charge in [-0.2, -0.15) is 0 Å². The minimum absolute atomic E-state index is 0.0645. The van der Waals surface area contributed by atoms with Crippen molar-refractivity contribution in [2.75, 3.05) is 13.2 Å². The molecule has 6 heteroatoms. The van der Waals surface area contributed by atoms with Crippen LogP contribution in [0.15, 0.2) is 0 Å². The second kappa shape index (κ2) is 41.2. The molecule has 0 aliphatic carbocycles. The van der Waals surface area contributed by atoms with E-state index in [1.165, 1.54) is 148 Å². The van der Waals surface area contributed by atoms with Crippen LogP contribution in [-0.2, 0) is 28.6 Å². The Bertz CT molecular complexity index is 753. The van der Waals surface area contributed by atoms with Crippen LogP contribution < -0.4 is 0 Å². The summed E-state index contributed by atoms with van der Waals surface area (Å²) in [5, 5.41) is 0. The van der Waals surface area contributed by atoms with Gasteiger partial charge in [0, 0.05) is 19.3 Å². The zero-order valence-corrected chi connectivity index (χ0v) is 34.4. The highest BCUT2D eigenvalue weighted by Crippen LogP contribution is 2.16. The topological polar surface area (TPSA) is 78.9 Å². The Hall–Kier alpha value is -1.59. The number of hydrogen-bond acceptors (Lipinski definition) is 6. The van der Waals surface area contributed by atoms with Crippen molar-refractivity contribution in [2.45, 2.75) is 258 Å². The summed E-state index contributed by atoms with van der Waals surface area (Å²) in [5.41, 5.74) is 0. The fourth-order valence-electron chi connectivity index (χ4n) is 6.68. The molecule has 0 amide bonds. The van der Waals surface area contributed by atoms with Crippen LogP contribution in [0.25, 0.3) is 0 Å². The second-order valence-corrected chi connectivity index (χ2v) is 15.3. The van der Waals surface area contributed by atoms with Crippen molar-refractivity contribution in [1.29, 1.82) is 0 Å². The molecular formula is C45H86O6. The normalized spacial score (nSPS) is 11.8. The third kappa shape index (κ3) is 39.5. The lowest BCUT2D eigenvalue weighted by Crippen LogP contribution is -2.30. The smallest absolute Gasteiger partial charge is 0.306 e. The minimum Gasteiger partial charge on any atom is -0.462 e. The molecule has 302 valence electrons. The monoisotopic (exact) mass is 723 g/mol. The Labute approximate surface area is 317 Å². The number of carbonyl (C=O) groups is 3. The average Bonchev–Trinajstić information content (AvgIpc) is 3.12. The zero-order chi connectivity index (χ0) is 37.3. The lowest BCUT2D eigenvalue weighted by atomic mass is 10.0. The molecule has 1 atom stereocenters. The zero-order valence-electron chi connectivity index (χ0n) is 34.4. The Balaban J connectivity index is 4.07. The van der Waals surface area contributed by atoms with E-state index in [-0.39, 0.29) is 31.1 Å². The molecule has 0 aromatic carbocycles. The van der Waals surface area contributed by atoms with Crippen LogP contribution in [0, 0.1) is 0 Å². The molecule has 51 heavy (non-hydrogen) atoms. The summed E-state index contributed by atoms with van der Waals surface area (Å²) in [6.45, 7) is 6.56. The van der Waals surface area contributed by atoms with Crippen molar-refractivity contribution in [2.24, 2.45) is 0 Å². The SMILES string of the molecule is CCCCCCCCCCCCCCCCCCCCC(=O)OC[C@@H](COC(=O)CCCCCCCCCCCC)OC(=O)CCCCCCC. The molecule has 0 fully saturated rings. The van der Waals surface area contributed by atoms with Gasteiger partial charge < -0.3 is 14.2 Å². The van der Waals surface area contributed by atoms with Crippen LogP contribution in [0.3, 0.4) is 0 Å². The summed E-state index contributed by atoms with van der Waals surface area (Å²) < 4.78 is 16.6. The van der Waals surface area contributed by atoms with Crippen LogP contribution in [0.2, 0.25) is 0 Å². The maximum Gasteiger partial charge on any atom is 0.306 e. The lowest BCUT2D eigenvalue weighted by molar-refractivity contribution is -0.167. The van der Waals surface area contributed by atoms with Gasteiger partial charge in [-0.1, -0.05) is 213 Å². The van der Waals surface area contributed by atoms with Gasteiger partial charge in [-0.25, -0.2) is 0 Å². The molecule has 0 aromatic heterocycles. The summed E-state index contributed by atoms with van der Waals surface area (Å²) in [4.78, 5) is 37.4. The number of ether oxygens (including phenoxy) is 3. The summed E-state index contributed by atoms with van der Waals surface area (Å²) in [6, 6.07) is 0. The molecule has 0 aromatic rings. The van der Waals surface area contributed by atoms with E-state index in [0.29, 0.717) is 19.3 Å². The van der Waals surface area contributed by atoms with Gasteiger partial charge in [0.2, 0.25) is 0 Å². The van der Waals surface area contributed by atoms with Crippen LogP contribution in [0.4, 0.5) is 0 Å². The van der Waals surface area contributed by atoms with Gasteiger partial charge in [-0.05, 0) is 19.3 Å². The second-order valence-electron chi connectivity index (χ2n) is 15.3. The molecule has 0 heterocycles. The number of carbonyl (C=O) groups excluding carboxylic acids is 3. The van der Waals surface area contributed by atoms with Crippen LogP contribution >= 0.6 is 0 Å². The van der Waals surface area contributed by atoms with E-state index in [9.17, 15) is 14.4 Å². The van der Waals surface area contributed by atoms with Crippen molar-refractivity contribution in [3.05, 3.63) is 0 Å². The average molecular weight is 723 g/mol. The van der Waals surface area contributed by atoms with Crippen LogP contribution in [0.1, 0.15) is 252 Å². The number of unbranched alkanes of at least 4 members (excludes halogenated alkanes) is 30. The van der Waals surface area contributed by atoms with E-state index in [2.05, 4.69) is 20.8 Å². The molecule has 0 spiro atoms. The first-order chi connectivity index (χ1) is 25.0. The Morgan fingerprint density at radius 3 is 0.784 bits per heavy atom. The Kier molecular flexibility index (Phi) is 39.9. The molecule has 6 nitrogen and oxygen atoms in total. The third-order valence-corrected chi connectivity index (χ3v) is 10.1. The van der Waals surface area contributed by atoms with Gasteiger partial charge in [0.1, 0.15) is 13.2 Å². The molecule has 0 unspecified atom stereocenters. The minimum atomic E-state index is -0.755. The molecule has 0 rings (SSSR count). The first-order valence-corrected chi connectivity index (χ1v) is 22.5. The Morgan fingerprint density at radius 1 is 0.314 bits per heavy atom. The number of esters is 3. The lowest BCUT2D eigenvalue weighted by Gasteiger charge is -2.18. The summed E-state index contributed by atoms with van der Waals surface area (Å²) in [5.74, 6) is -0.870. The maximum atomic E-state index is 12.5. The van der Waals surface area contributed by atoms with E-state index in [1.54, 1.807) is 0 Å². The molecule has 0 radical (unpaired) electrons. The summed E-state index contributed by atoms with van der Waals surface area (Å²) in [6.07, 6.45) is 41.2. The van der Waals surface area contributed by atoms with Crippen molar-refractivity contribution >= 4 is 17.9 Å². The van der Waals surface area contributed by atoms with Gasteiger partial charge in [0.15, 0.2) is 6.10 Å². The van der Waals surface area contributed by atoms with Crippen molar-refractivity contribution in [1.82, 2.24) is 0 Å². The molecular weight excluding hydrogens is 636 g/mol. The van der Waals surface area contributed by atoms with Crippen molar-refractivity contribution < 1.29 is 28.6 Å². The molecule has 0 aliphatic rings. The molecule has 0 saturated carbocycles. The van der Waals surface area contributed by atoms with Crippen LogP contribution in [0.5, 0.6) is 0 Å². The quantitative estimate of drug-likeness (QED) is 0.0355. The van der Waals surface area contributed by atoms with E-state index in [0.717, 1.165) is 64.2 Å².